The van der Waals surface area contributed by atoms with Crippen molar-refractivity contribution >= 4 is 11.8 Å². The van der Waals surface area contributed by atoms with Crippen LogP contribution in [0.2, 0.25) is 0 Å². The molecule has 156 valence electrons. The molecule has 1 saturated heterocycles. The molecule has 1 atom stereocenters. The predicted molar refractivity (Wildman–Crippen MR) is 103 cm³/mol. The average molecular weight is 402 g/mol. The zero-order valence-corrected chi connectivity index (χ0v) is 16.9. The fourth-order valence-electron chi connectivity index (χ4n) is 3.20. The molecule has 0 unspecified atom stereocenters. The van der Waals surface area contributed by atoms with Gasteiger partial charge in [0.25, 0.3) is 5.91 Å². The van der Waals surface area contributed by atoms with Gasteiger partial charge in [0.1, 0.15) is 24.5 Å². The summed E-state index contributed by atoms with van der Waals surface area (Å²) in [6.07, 6.45) is 1.33. The van der Waals surface area contributed by atoms with E-state index in [0.717, 1.165) is 0 Å². The van der Waals surface area contributed by atoms with E-state index in [0.29, 0.717) is 49.0 Å². The highest BCUT2D eigenvalue weighted by molar-refractivity contribution is 5.97. The van der Waals surface area contributed by atoms with Gasteiger partial charge in [-0.05, 0) is 26.0 Å². The molecule has 1 aliphatic rings. The molecule has 1 aliphatic heterocycles. The largest absolute Gasteiger partial charge is 0.489 e. The molecule has 9 heteroatoms. The number of likely N-dealkylation sites (tertiary alicyclic amines) is 1. The molecule has 3 rings (SSSR count). The Bertz CT molecular complexity index is 845. The molecule has 2 aromatic rings. The van der Waals surface area contributed by atoms with E-state index in [1.54, 1.807) is 36.9 Å². The molecule has 29 heavy (non-hydrogen) atoms. The van der Waals surface area contributed by atoms with Gasteiger partial charge in [0, 0.05) is 33.0 Å². The molecule has 1 fully saturated rings. The van der Waals surface area contributed by atoms with Gasteiger partial charge in [-0.25, -0.2) is 0 Å². The zero-order chi connectivity index (χ0) is 20.8. The molecule has 1 aromatic carbocycles. The minimum absolute atomic E-state index is 0.0176. The number of rotatable bonds is 7. The summed E-state index contributed by atoms with van der Waals surface area (Å²) >= 11 is 0. The molecule has 1 aromatic heterocycles. The number of ether oxygens (including phenoxy) is 2. The lowest BCUT2D eigenvalue weighted by atomic mass is 10.1. The van der Waals surface area contributed by atoms with Crippen LogP contribution in [0.5, 0.6) is 5.75 Å². The van der Waals surface area contributed by atoms with Gasteiger partial charge >= 0.3 is 0 Å². The van der Waals surface area contributed by atoms with E-state index in [2.05, 4.69) is 15.5 Å². The average Bonchev–Trinajstić information content (AvgIpc) is 3.15. The van der Waals surface area contributed by atoms with Crippen LogP contribution >= 0.6 is 0 Å². The van der Waals surface area contributed by atoms with E-state index in [1.807, 2.05) is 6.07 Å². The van der Waals surface area contributed by atoms with E-state index in [-0.39, 0.29) is 24.5 Å². The Kier molecular flexibility index (Phi) is 6.82. The lowest BCUT2D eigenvalue weighted by Gasteiger charge is -2.32. The number of hydrogen-bond donors (Lipinski definition) is 1. The number of methoxy groups -OCH3 is 1. The number of hydrogen-bond acceptors (Lipinski definition) is 7. The first-order valence-corrected chi connectivity index (χ1v) is 9.61. The van der Waals surface area contributed by atoms with Gasteiger partial charge in [-0.2, -0.15) is 4.98 Å². The van der Waals surface area contributed by atoms with Crippen LogP contribution in [0.3, 0.4) is 0 Å². The number of nitrogens with one attached hydrogen (secondary N) is 1. The fraction of sp³-hybridized carbons (Fsp3) is 0.500. The summed E-state index contributed by atoms with van der Waals surface area (Å²) in [5.41, 5.74) is 0.438. The Morgan fingerprint density at radius 3 is 2.69 bits per heavy atom. The molecule has 0 saturated carbocycles. The Hall–Kier alpha value is -2.94. The van der Waals surface area contributed by atoms with Crippen molar-refractivity contribution < 1.29 is 23.6 Å². The second-order valence-electron chi connectivity index (χ2n) is 7.00. The van der Waals surface area contributed by atoms with Crippen LogP contribution in [-0.2, 0) is 9.53 Å². The van der Waals surface area contributed by atoms with E-state index < -0.39 is 6.04 Å². The molecule has 0 bridgehead atoms. The van der Waals surface area contributed by atoms with Gasteiger partial charge in [0.15, 0.2) is 5.82 Å². The van der Waals surface area contributed by atoms with Crippen LogP contribution in [-0.4, -0.2) is 59.8 Å². The molecule has 2 heterocycles. The van der Waals surface area contributed by atoms with Crippen molar-refractivity contribution in [1.82, 2.24) is 20.4 Å². The van der Waals surface area contributed by atoms with E-state index in [1.165, 1.54) is 7.11 Å². The fourth-order valence-corrected chi connectivity index (χ4v) is 3.20. The monoisotopic (exact) mass is 402 g/mol. The highest BCUT2D eigenvalue weighted by Crippen LogP contribution is 2.24. The van der Waals surface area contributed by atoms with Crippen molar-refractivity contribution in [3.8, 4) is 5.75 Å². The number of amides is 2. The molecule has 0 spiro atoms. The van der Waals surface area contributed by atoms with Gasteiger partial charge in [0.2, 0.25) is 11.8 Å². The topological polar surface area (TPSA) is 107 Å². The van der Waals surface area contributed by atoms with Crippen LogP contribution in [0, 0.1) is 6.92 Å². The SMILES string of the molecule is COCC(=O)N1CCC(Oc2ccccc2C(=O)N[C@H](C)c2nc(C)no2)CC1. The van der Waals surface area contributed by atoms with Crippen LogP contribution in [0.4, 0.5) is 0 Å². The highest BCUT2D eigenvalue weighted by atomic mass is 16.5. The number of nitrogens with zero attached hydrogens (tertiary/aromatic N) is 3. The zero-order valence-electron chi connectivity index (χ0n) is 16.9. The van der Waals surface area contributed by atoms with Gasteiger partial charge in [0.05, 0.1) is 5.56 Å². The maximum Gasteiger partial charge on any atom is 0.255 e. The lowest BCUT2D eigenvalue weighted by molar-refractivity contribution is -0.136. The third-order valence-corrected chi connectivity index (χ3v) is 4.75. The minimum Gasteiger partial charge on any atom is -0.489 e. The second kappa shape index (κ2) is 9.51. The summed E-state index contributed by atoms with van der Waals surface area (Å²) in [5, 5.41) is 6.60. The quantitative estimate of drug-likeness (QED) is 0.753. The van der Waals surface area contributed by atoms with Crippen molar-refractivity contribution in [2.75, 3.05) is 26.8 Å². The Labute approximate surface area is 169 Å². The first kappa shape index (κ1) is 20.8. The van der Waals surface area contributed by atoms with Crippen molar-refractivity contribution in [2.45, 2.75) is 38.8 Å². The molecule has 9 nitrogen and oxygen atoms in total. The summed E-state index contributed by atoms with van der Waals surface area (Å²) in [7, 11) is 1.51. The molecular weight excluding hydrogens is 376 g/mol. The van der Waals surface area contributed by atoms with Crippen LogP contribution in [0.15, 0.2) is 28.8 Å². The Morgan fingerprint density at radius 2 is 2.03 bits per heavy atom. The van der Waals surface area contributed by atoms with Gasteiger partial charge < -0.3 is 24.2 Å². The van der Waals surface area contributed by atoms with Crippen molar-refractivity contribution in [3.63, 3.8) is 0 Å². The molecular formula is C20H26N4O5. The van der Waals surface area contributed by atoms with Gasteiger partial charge in [-0.3, -0.25) is 9.59 Å². The van der Waals surface area contributed by atoms with E-state index >= 15 is 0 Å². The molecule has 0 radical (unpaired) electrons. The number of benzene rings is 1. The molecule has 1 N–H and O–H groups in total. The minimum atomic E-state index is -0.424. The molecule has 2 amide bonds. The van der Waals surface area contributed by atoms with Gasteiger partial charge in [-0.1, -0.05) is 17.3 Å². The highest BCUT2D eigenvalue weighted by Gasteiger charge is 2.25. The van der Waals surface area contributed by atoms with E-state index in [4.69, 9.17) is 14.0 Å². The number of aryl methyl sites for hydroxylation is 1. The Morgan fingerprint density at radius 1 is 1.31 bits per heavy atom. The maximum absolute atomic E-state index is 12.8. The molecule has 0 aliphatic carbocycles. The summed E-state index contributed by atoms with van der Waals surface area (Å²) in [6, 6.07) is 6.68. The second-order valence-corrected chi connectivity index (χ2v) is 7.00. The number of carbonyl (C=O) groups excluding carboxylic acids is 2. The van der Waals surface area contributed by atoms with Gasteiger partial charge in [-0.15, -0.1) is 0 Å². The summed E-state index contributed by atoms with van der Waals surface area (Å²) in [4.78, 5) is 30.6. The number of carbonyl (C=O) groups is 2. The van der Waals surface area contributed by atoms with Crippen LogP contribution < -0.4 is 10.1 Å². The normalized spacial score (nSPS) is 15.8. The third kappa shape index (κ3) is 5.32. The predicted octanol–water partition coefficient (Wildman–Crippen LogP) is 1.89. The lowest BCUT2D eigenvalue weighted by Crippen LogP contribution is -2.43. The Balaban J connectivity index is 1.60. The number of piperidine rings is 1. The first-order chi connectivity index (χ1) is 14.0. The summed E-state index contributed by atoms with van der Waals surface area (Å²) in [6.45, 7) is 4.80. The van der Waals surface area contributed by atoms with Crippen LogP contribution in [0.25, 0.3) is 0 Å². The number of para-hydroxylation sites is 1. The van der Waals surface area contributed by atoms with E-state index in [9.17, 15) is 9.59 Å². The smallest absolute Gasteiger partial charge is 0.255 e. The number of aromatic nitrogens is 2. The standard InChI is InChI=1S/C20H26N4O5/c1-13(20-22-14(2)23-29-20)21-19(26)16-6-4-5-7-17(16)28-15-8-10-24(11-9-15)18(25)12-27-3/h4-7,13,15H,8-12H2,1-3H3,(H,21,26)/t13-/m1/s1. The van der Waals surface area contributed by atoms with Crippen molar-refractivity contribution in [1.29, 1.82) is 0 Å². The first-order valence-electron chi connectivity index (χ1n) is 9.61. The van der Waals surface area contributed by atoms with Crippen LogP contribution in [0.1, 0.15) is 47.9 Å². The summed E-state index contributed by atoms with van der Waals surface area (Å²) in [5.74, 6) is 1.08. The maximum atomic E-state index is 12.8. The van der Waals surface area contributed by atoms with Crippen molar-refractivity contribution in [2.24, 2.45) is 0 Å². The summed E-state index contributed by atoms with van der Waals surface area (Å²) < 4.78 is 16.1. The van der Waals surface area contributed by atoms with Crippen molar-refractivity contribution in [3.05, 3.63) is 41.5 Å². The third-order valence-electron chi connectivity index (χ3n) is 4.75.